The van der Waals surface area contributed by atoms with Crippen LogP contribution in [0.3, 0.4) is 0 Å². The van der Waals surface area contributed by atoms with E-state index >= 15 is 0 Å². The third-order valence-corrected chi connectivity index (χ3v) is 5.34. The van der Waals surface area contributed by atoms with Crippen molar-refractivity contribution < 1.29 is 18.0 Å². The number of aromatic nitrogens is 2. The lowest BCUT2D eigenvalue weighted by atomic mass is 10.1. The number of hydrogen-bond acceptors (Lipinski definition) is 4. The first kappa shape index (κ1) is 18.5. The highest BCUT2D eigenvalue weighted by Crippen LogP contribution is 2.33. The summed E-state index contributed by atoms with van der Waals surface area (Å²) >= 11 is 1.41. The second kappa shape index (κ2) is 6.79. The van der Waals surface area contributed by atoms with Crippen molar-refractivity contribution in [3.8, 4) is 0 Å². The molecule has 2 aromatic rings. The standard InChI is InChI=1S/C17H16F3N3O2S/c1-9-10(2)21-16-23(15(9)25)13(8-26-16)7-14(24)22-12-5-3-11(4-6-12)17(18,19)20/h3-6,13H,7-8H2,1-2H3,(H,22,24). The zero-order valence-corrected chi connectivity index (χ0v) is 14.9. The Morgan fingerprint density at radius 1 is 1.31 bits per heavy atom. The molecular formula is C17H16F3N3O2S. The fraction of sp³-hybridized carbons (Fsp3) is 0.353. The molecule has 5 nitrogen and oxygen atoms in total. The van der Waals surface area contributed by atoms with E-state index in [9.17, 15) is 22.8 Å². The van der Waals surface area contributed by atoms with Crippen LogP contribution in [0.15, 0.2) is 34.2 Å². The molecular weight excluding hydrogens is 367 g/mol. The largest absolute Gasteiger partial charge is 0.416 e. The summed E-state index contributed by atoms with van der Waals surface area (Å²) in [6.07, 6.45) is -4.37. The van der Waals surface area contributed by atoms with Gasteiger partial charge in [0, 0.05) is 29.1 Å². The summed E-state index contributed by atoms with van der Waals surface area (Å²) in [4.78, 5) is 29.1. The van der Waals surface area contributed by atoms with Crippen molar-refractivity contribution in [2.45, 2.75) is 37.6 Å². The number of carbonyl (C=O) groups is 1. The Labute approximate surface area is 151 Å². The highest BCUT2D eigenvalue weighted by Gasteiger charge is 2.30. The highest BCUT2D eigenvalue weighted by molar-refractivity contribution is 7.99. The zero-order chi connectivity index (χ0) is 19.1. The fourth-order valence-corrected chi connectivity index (χ4v) is 3.87. The van der Waals surface area contributed by atoms with Gasteiger partial charge in [0.2, 0.25) is 5.91 Å². The van der Waals surface area contributed by atoms with E-state index in [0.717, 1.165) is 12.1 Å². The Kier molecular flexibility index (Phi) is 4.83. The number of fused-ring (bicyclic) bond motifs is 1. The molecule has 0 saturated carbocycles. The number of thioether (sulfide) groups is 1. The third kappa shape index (κ3) is 3.62. The molecule has 1 aliphatic heterocycles. The van der Waals surface area contributed by atoms with Gasteiger partial charge in [0.1, 0.15) is 0 Å². The molecule has 1 aromatic heterocycles. The van der Waals surface area contributed by atoms with Crippen molar-refractivity contribution in [3.63, 3.8) is 0 Å². The normalized spacial score (nSPS) is 16.4. The minimum absolute atomic E-state index is 0.0467. The molecule has 2 heterocycles. The number of hydrogen-bond donors (Lipinski definition) is 1. The van der Waals surface area contributed by atoms with Crippen LogP contribution in [0.5, 0.6) is 0 Å². The molecule has 0 spiro atoms. The Balaban J connectivity index is 1.71. The average Bonchev–Trinajstić information content (AvgIpc) is 2.94. The lowest BCUT2D eigenvalue weighted by Crippen LogP contribution is -2.29. The quantitative estimate of drug-likeness (QED) is 0.824. The predicted molar refractivity (Wildman–Crippen MR) is 92.4 cm³/mol. The molecule has 1 amide bonds. The van der Waals surface area contributed by atoms with Gasteiger partial charge < -0.3 is 5.32 Å². The molecule has 1 aliphatic rings. The molecule has 1 N–H and O–H groups in total. The number of carbonyl (C=O) groups excluding carboxylic acids is 1. The SMILES string of the molecule is Cc1nc2n(c(=O)c1C)C(CC(=O)Nc1ccc(C(F)(F)F)cc1)CS2. The van der Waals surface area contributed by atoms with Gasteiger partial charge in [-0.1, -0.05) is 11.8 Å². The van der Waals surface area contributed by atoms with Gasteiger partial charge in [-0.25, -0.2) is 4.98 Å². The van der Waals surface area contributed by atoms with E-state index in [1.165, 1.54) is 28.5 Å². The lowest BCUT2D eigenvalue weighted by Gasteiger charge is -2.14. The summed E-state index contributed by atoms with van der Waals surface area (Å²) < 4.78 is 39.2. The summed E-state index contributed by atoms with van der Waals surface area (Å²) in [6.45, 7) is 3.46. The number of halogens is 3. The second-order valence-electron chi connectivity index (χ2n) is 6.07. The molecule has 1 aromatic carbocycles. The van der Waals surface area contributed by atoms with E-state index in [1.54, 1.807) is 13.8 Å². The molecule has 0 aliphatic carbocycles. The maximum absolute atomic E-state index is 12.6. The first-order valence-electron chi connectivity index (χ1n) is 7.86. The van der Waals surface area contributed by atoms with Gasteiger partial charge in [0.25, 0.3) is 5.56 Å². The van der Waals surface area contributed by atoms with Crippen molar-refractivity contribution in [2.24, 2.45) is 0 Å². The molecule has 0 fully saturated rings. The topological polar surface area (TPSA) is 64.0 Å². The molecule has 0 radical (unpaired) electrons. The summed E-state index contributed by atoms with van der Waals surface area (Å²) in [7, 11) is 0. The molecule has 9 heteroatoms. The monoisotopic (exact) mass is 383 g/mol. The molecule has 1 unspecified atom stereocenters. The van der Waals surface area contributed by atoms with Crippen LogP contribution in [0.2, 0.25) is 0 Å². The maximum Gasteiger partial charge on any atom is 0.416 e. The van der Waals surface area contributed by atoms with Gasteiger partial charge in [0.05, 0.1) is 11.6 Å². The number of alkyl halides is 3. The van der Waals surface area contributed by atoms with E-state index in [2.05, 4.69) is 10.3 Å². The van der Waals surface area contributed by atoms with Crippen molar-refractivity contribution in [1.29, 1.82) is 0 Å². The average molecular weight is 383 g/mol. The molecule has 1 atom stereocenters. The van der Waals surface area contributed by atoms with Crippen molar-refractivity contribution in [2.75, 3.05) is 11.1 Å². The predicted octanol–water partition coefficient (Wildman–Crippen LogP) is 3.55. The molecule has 26 heavy (non-hydrogen) atoms. The van der Waals surface area contributed by atoms with Gasteiger partial charge in [0.15, 0.2) is 5.16 Å². The van der Waals surface area contributed by atoms with Crippen LogP contribution in [-0.2, 0) is 11.0 Å². The Hall–Kier alpha value is -2.29. The minimum Gasteiger partial charge on any atom is -0.326 e. The molecule has 3 rings (SSSR count). The van der Waals surface area contributed by atoms with Gasteiger partial charge >= 0.3 is 6.18 Å². The second-order valence-corrected chi connectivity index (χ2v) is 7.06. The van der Waals surface area contributed by atoms with Gasteiger partial charge in [-0.3, -0.25) is 14.2 Å². The first-order valence-corrected chi connectivity index (χ1v) is 8.85. The number of anilines is 1. The van der Waals surface area contributed by atoms with Crippen molar-refractivity contribution in [1.82, 2.24) is 9.55 Å². The van der Waals surface area contributed by atoms with Crippen molar-refractivity contribution in [3.05, 3.63) is 51.4 Å². The van der Waals surface area contributed by atoms with Gasteiger partial charge in [-0.05, 0) is 38.1 Å². The number of aryl methyl sites for hydroxylation is 1. The summed E-state index contributed by atoms with van der Waals surface area (Å²) in [5.74, 6) is 0.180. The van der Waals surface area contributed by atoms with E-state index in [4.69, 9.17) is 0 Å². The van der Waals surface area contributed by atoms with Crippen LogP contribution in [0, 0.1) is 13.8 Å². The van der Waals surface area contributed by atoms with E-state index in [0.29, 0.717) is 22.2 Å². The van der Waals surface area contributed by atoms with Gasteiger partial charge in [-0.15, -0.1) is 0 Å². The smallest absolute Gasteiger partial charge is 0.326 e. The Morgan fingerprint density at radius 3 is 2.58 bits per heavy atom. The number of amides is 1. The van der Waals surface area contributed by atoms with Crippen molar-refractivity contribution >= 4 is 23.4 Å². The van der Waals surface area contributed by atoms with E-state index in [-0.39, 0.29) is 29.6 Å². The van der Waals surface area contributed by atoms with E-state index in [1.807, 2.05) is 0 Å². The number of nitrogens with zero attached hydrogens (tertiary/aromatic N) is 2. The first-order chi connectivity index (χ1) is 12.2. The molecule has 138 valence electrons. The van der Waals surface area contributed by atoms with Crippen LogP contribution in [0.1, 0.15) is 29.3 Å². The summed E-state index contributed by atoms with van der Waals surface area (Å²) in [6, 6.07) is 3.91. The number of nitrogens with one attached hydrogen (secondary N) is 1. The lowest BCUT2D eigenvalue weighted by molar-refractivity contribution is -0.137. The number of benzene rings is 1. The Morgan fingerprint density at radius 2 is 1.96 bits per heavy atom. The minimum atomic E-state index is -4.42. The Bertz CT molecular complexity index is 907. The summed E-state index contributed by atoms with van der Waals surface area (Å²) in [5, 5.41) is 3.16. The van der Waals surface area contributed by atoms with Gasteiger partial charge in [-0.2, -0.15) is 13.2 Å². The van der Waals surface area contributed by atoms with Crippen LogP contribution in [0.4, 0.5) is 18.9 Å². The molecule has 0 bridgehead atoms. The zero-order valence-electron chi connectivity index (χ0n) is 14.1. The van der Waals surface area contributed by atoms with Crippen LogP contribution in [-0.4, -0.2) is 21.2 Å². The van der Waals surface area contributed by atoms with Crippen LogP contribution < -0.4 is 10.9 Å². The fourth-order valence-electron chi connectivity index (χ4n) is 2.69. The highest BCUT2D eigenvalue weighted by atomic mass is 32.2. The molecule has 0 saturated heterocycles. The van der Waals surface area contributed by atoms with Crippen LogP contribution in [0.25, 0.3) is 0 Å². The summed E-state index contributed by atoms with van der Waals surface area (Å²) in [5.41, 5.74) is 0.553. The number of rotatable bonds is 3. The van der Waals surface area contributed by atoms with Crippen LogP contribution >= 0.6 is 11.8 Å². The third-order valence-electron chi connectivity index (χ3n) is 4.24. The van der Waals surface area contributed by atoms with E-state index < -0.39 is 11.7 Å². The maximum atomic E-state index is 12.6.